The third-order valence-corrected chi connectivity index (χ3v) is 2.15. The highest BCUT2D eigenvalue weighted by atomic mass is 31.2. The second-order valence-corrected chi connectivity index (χ2v) is 4.67. The molecule has 13 heavy (non-hydrogen) atoms. The van der Waals surface area contributed by atoms with Gasteiger partial charge in [0.15, 0.2) is 0 Å². The second-order valence-electron chi connectivity index (χ2n) is 3.02. The maximum Gasteiger partial charge on any atom is 0.333 e. The van der Waals surface area contributed by atoms with E-state index >= 15 is 0 Å². The molecule has 0 heterocycles. The summed E-state index contributed by atoms with van der Waals surface area (Å²) in [6.07, 6.45) is -1.40. The van der Waals surface area contributed by atoms with Crippen molar-refractivity contribution < 1.29 is 27.9 Å². The molecule has 0 fully saturated rings. The van der Waals surface area contributed by atoms with Crippen LogP contribution in [0.5, 0.6) is 0 Å². The summed E-state index contributed by atoms with van der Waals surface area (Å²) in [5.74, 6) is -6.64. The normalized spacial score (nSPS) is 13.5. The van der Waals surface area contributed by atoms with Crippen molar-refractivity contribution in [2.75, 3.05) is 6.16 Å². The first kappa shape index (κ1) is 12.7. The molecule has 2 N–H and O–H groups in total. The minimum atomic E-state index is -4.69. The van der Waals surface area contributed by atoms with Crippen LogP contribution < -0.4 is 0 Å². The number of Topliss-reactive ketones (excluding diaryl/α,β-unsaturated/α-hetero) is 1. The van der Waals surface area contributed by atoms with Gasteiger partial charge in [0, 0.05) is 5.92 Å². The summed E-state index contributed by atoms with van der Waals surface area (Å²) in [6.45, 7) is 2.22. The first-order chi connectivity index (χ1) is 5.57. The molecule has 0 spiro atoms. The predicted octanol–water partition coefficient (Wildman–Crippen LogP) is 1.02. The molecule has 0 saturated heterocycles. The smallest absolute Gasteiger partial charge is 0.324 e. The van der Waals surface area contributed by atoms with Crippen molar-refractivity contribution in [3.63, 3.8) is 0 Å². The van der Waals surface area contributed by atoms with E-state index in [0.29, 0.717) is 0 Å². The maximum absolute atomic E-state index is 12.8. The van der Waals surface area contributed by atoms with Gasteiger partial charge in [-0.15, -0.1) is 0 Å². The molecule has 7 heteroatoms. The summed E-state index contributed by atoms with van der Waals surface area (Å²) in [4.78, 5) is 27.3. The summed E-state index contributed by atoms with van der Waals surface area (Å²) in [6, 6.07) is 0. The van der Waals surface area contributed by atoms with Crippen LogP contribution in [0, 0.1) is 5.92 Å². The van der Waals surface area contributed by atoms with E-state index < -0.39 is 31.4 Å². The van der Waals surface area contributed by atoms with E-state index in [1.165, 1.54) is 0 Å². The molecule has 0 amide bonds. The van der Waals surface area contributed by atoms with Gasteiger partial charge in [0.2, 0.25) is 5.78 Å². The maximum atomic E-state index is 12.8. The minimum absolute atomic E-state index is 1.11. The minimum Gasteiger partial charge on any atom is -0.324 e. The van der Waals surface area contributed by atoms with Crippen LogP contribution in [0.15, 0.2) is 0 Å². The highest BCUT2D eigenvalue weighted by Crippen LogP contribution is 2.38. The first-order valence-electron chi connectivity index (χ1n) is 3.53. The molecule has 0 aromatic rings. The van der Waals surface area contributed by atoms with Gasteiger partial charge >= 0.3 is 13.5 Å². The van der Waals surface area contributed by atoms with Gasteiger partial charge in [-0.1, -0.05) is 13.8 Å². The molecule has 0 aliphatic carbocycles. The monoisotopic (exact) mass is 216 g/mol. The molecule has 0 atom stereocenters. The lowest BCUT2D eigenvalue weighted by Gasteiger charge is -2.18. The topological polar surface area (TPSA) is 74.6 Å². The lowest BCUT2D eigenvalue weighted by Crippen LogP contribution is -2.36. The van der Waals surface area contributed by atoms with Crippen molar-refractivity contribution in [3.8, 4) is 0 Å². The number of rotatable bonds is 4. The summed E-state index contributed by atoms with van der Waals surface area (Å²) < 4.78 is 35.8. The van der Waals surface area contributed by atoms with Gasteiger partial charge in [0.1, 0.15) is 6.16 Å². The molecular weight excluding hydrogens is 205 g/mol. The Kier molecular flexibility index (Phi) is 3.72. The Morgan fingerprint density at radius 1 is 1.46 bits per heavy atom. The van der Waals surface area contributed by atoms with Crippen molar-refractivity contribution in [2.45, 2.75) is 19.8 Å². The highest BCUT2D eigenvalue weighted by molar-refractivity contribution is 7.52. The highest BCUT2D eigenvalue weighted by Gasteiger charge is 2.44. The van der Waals surface area contributed by atoms with E-state index in [9.17, 15) is 18.1 Å². The van der Waals surface area contributed by atoms with Crippen LogP contribution in [0.2, 0.25) is 0 Å². The number of carbonyl (C=O) groups is 1. The van der Waals surface area contributed by atoms with Crippen LogP contribution in [0.1, 0.15) is 13.8 Å². The third-order valence-electron chi connectivity index (χ3n) is 1.45. The molecular formula is C6H11F2O4P. The average molecular weight is 216 g/mol. The van der Waals surface area contributed by atoms with Crippen molar-refractivity contribution in [1.29, 1.82) is 0 Å². The Labute approximate surface area is 74.1 Å². The number of ketones is 1. The lowest BCUT2D eigenvalue weighted by molar-refractivity contribution is -0.146. The standard InChI is InChI=1S/C6H11F2O4P/c1-4(2)6(7,8)5(9)3-13(10,11)12/h4H,3H2,1-2H3,(H2,10,11,12). The SMILES string of the molecule is CC(C)C(F)(F)C(=O)CP(=O)(O)O. The Hall–Kier alpha value is -0.320. The van der Waals surface area contributed by atoms with Crippen LogP contribution in [-0.4, -0.2) is 27.7 Å². The van der Waals surface area contributed by atoms with Crippen LogP contribution in [0.25, 0.3) is 0 Å². The van der Waals surface area contributed by atoms with Crippen LogP contribution >= 0.6 is 7.60 Å². The summed E-state index contributed by atoms with van der Waals surface area (Å²) in [7, 11) is -4.69. The molecule has 0 bridgehead atoms. The van der Waals surface area contributed by atoms with Gasteiger partial charge in [-0.05, 0) is 0 Å². The van der Waals surface area contributed by atoms with E-state index in [1.807, 2.05) is 0 Å². The largest absolute Gasteiger partial charge is 0.333 e. The Morgan fingerprint density at radius 2 is 1.85 bits per heavy atom. The fourth-order valence-corrected chi connectivity index (χ4v) is 1.20. The van der Waals surface area contributed by atoms with Crippen LogP contribution in [0.4, 0.5) is 8.78 Å². The quantitative estimate of drug-likeness (QED) is 0.688. The number of hydrogen-bond donors (Lipinski definition) is 2. The molecule has 78 valence electrons. The van der Waals surface area contributed by atoms with E-state index in [0.717, 1.165) is 13.8 Å². The zero-order chi connectivity index (χ0) is 10.9. The van der Waals surface area contributed by atoms with E-state index in [2.05, 4.69) is 0 Å². The summed E-state index contributed by atoms with van der Waals surface area (Å²) in [5, 5.41) is 0. The van der Waals surface area contributed by atoms with Gasteiger partial charge in [0.25, 0.3) is 0 Å². The molecule has 4 nitrogen and oxygen atoms in total. The van der Waals surface area contributed by atoms with Crippen molar-refractivity contribution in [3.05, 3.63) is 0 Å². The average Bonchev–Trinajstić information content (AvgIpc) is 1.82. The molecule has 0 aromatic carbocycles. The number of carbonyl (C=O) groups excluding carboxylic acids is 1. The Balaban J connectivity index is 4.53. The number of halogens is 2. The first-order valence-corrected chi connectivity index (χ1v) is 5.33. The Morgan fingerprint density at radius 3 is 2.08 bits per heavy atom. The van der Waals surface area contributed by atoms with Gasteiger partial charge in [0.05, 0.1) is 0 Å². The predicted molar refractivity (Wildman–Crippen MR) is 41.7 cm³/mol. The fourth-order valence-electron chi connectivity index (χ4n) is 0.614. The summed E-state index contributed by atoms with van der Waals surface area (Å²) >= 11 is 0. The summed E-state index contributed by atoms with van der Waals surface area (Å²) in [5.41, 5.74) is 0. The third kappa shape index (κ3) is 3.93. The van der Waals surface area contributed by atoms with E-state index in [4.69, 9.17) is 9.79 Å². The van der Waals surface area contributed by atoms with Gasteiger partial charge in [-0.3, -0.25) is 9.36 Å². The van der Waals surface area contributed by atoms with E-state index in [1.54, 1.807) is 0 Å². The fraction of sp³-hybridized carbons (Fsp3) is 0.833. The molecule has 0 aromatic heterocycles. The van der Waals surface area contributed by atoms with Gasteiger partial charge in [-0.2, -0.15) is 8.78 Å². The number of hydrogen-bond acceptors (Lipinski definition) is 2. The zero-order valence-corrected chi connectivity index (χ0v) is 8.09. The van der Waals surface area contributed by atoms with Gasteiger partial charge < -0.3 is 9.79 Å². The van der Waals surface area contributed by atoms with E-state index in [-0.39, 0.29) is 0 Å². The number of alkyl halides is 2. The molecule has 0 radical (unpaired) electrons. The molecule has 0 unspecified atom stereocenters. The Bertz CT molecular complexity index is 245. The van der Waals surface area contributed by atoms with Crippen LogP contribution in [-0.2, 0) is 9.36 Å². The zero-order valence-electron chi connectivity index (χ0n) is 7.20. The lowest BCUT2D eigenvalue weighted by atomic mass is 10.0. The molecule has 0 aliphatic heterocycles. The molecule has 0 aliphatic rings. The van der Waals surface area contributed by atoms with Crippen molar-refractivity contribution in [1.82, 2.24) is 0 Å². The molecule has 0 rings (SSSR count). The molecule has 0 saturated carbocycles. The van der Waals surface area contributed by atoms with Gasteiger partial charge in [-0.25, -0.2) is 0 Å². The van der Waals surface area contributed by atoms with Crippen molar-refractivity contribution in [2.24, 2.45) is 5.92 Å². The second kappa shape index (κ2) is 3.82. The van der Waals surface area contributed by atoms with Crippen molar-refractivity contribution >= 4 is 13.4 Å². The van der Waals surface area contributed by atoms with Crippen LogP contribution in [0.3, 0.4) is 0 Å².